The van der Waals surface area contributed by atoms with E-state index >= 15 is 0 Å². The van der Waals surface area contributed by atoms with Crippen LogP contribution in [-0.2, 0) is 0 Å². The van der Waals surface area contributed by atoms with Gasteiger partial charge in [-0.05, 0) is 20.5 Å². The van der Waals surface area contributed by atoms with Crippen LogP contribution in [0.2, 0.25) is 0 Å². The normalized spacial score (nSPS) is 9.57. The summed E-state index contributed by atoms with van der Waals surface area (Å²) in [5, 5.41) is 0. The monoisotopic (exact) mass is 98.1 g/mol. The van der Waals surface area contributed by atoms with Gasteiger partial charge in [-0.3, -0.25) is 0 Å². The minimum atomic E-state index is 0.965. The molecule has 1 nitrogen and oxygen atoms in total. The molecule has 0 unspecified atom stereocenters. The molecule has 0 spiro atoms. The maximum atomic E-state index is 3.57. The first-order valence-electron chi connectivity index (χ1n) is 2.38. The predicted molar refractivity (Wildman–Crippen MR) is 32.8 cm³/mol. The fourth-order valence-electron chi connectivity index (χ4n) is 0.285. The van der Waals surface area contributed by atoms with Gasteiger partial charge in [0, 0.05) is 6.54 Å². The molecule has 0 saturated heterocycles. The molecule has 1 heteroatoms. The van der Waals surface area contributed by atoms with Crippen molar-refractivity contribution in [1.82, 2.24) is 4.90 Å². The van der Waals surface area contributed by atoms with Gasteiger partial charge in [-0.15, -0.1) is 6.58 Å². The molecule has 7 heavy (non-hydrogen) atoms. The van der Waals surface area contributed by atoms with E-state index < -0.39 is 0 Å². The summed E-state index contributed by atoms with van der Waals surface area (Å²) in [4.78, 5) is 2.02. The summed E-state index contributed by atoms with van der Waals surface area (Å²) in [6.45, 7) is 5.64. The molecular weight excluding hydrogens is 86.1 g/mol. The Bertz CT molecular complexity index is 48.1. The highest BCUT2D eigenvalue weighted by Crippen LogP contribution is 1.87. The minimum Gasteiger partial charge on any atom is -0.305 e. The van der Waals surface area contributed by atoms with Crippen molar-refractivity contribution in [1.29, 1.82) is 0 Å². The van der Waals surface area contributed by atoms with Gasteiger partial charge in [-0.25, -0.2) is 0 Å². The van der Waals surface area contributed by atoms with Gasteiger partial charge >= 0.3 is 0 Å². The van der Waals surface area contributed by atoms with Crippen molar-refractivity contribution in [3.63, 3.8) is 0 Å². The lowest BCUT2D eigenvalue weighted by molar-refractivity contribution is 0.491. The van der Waals surface area contributed by atoms with Gasteiger partial charge < -0.3 is 4.90 Å². The van der Waals surface area contributed by atoms with E-state index in [0.717, 1.165) is 6.42 Å². The maximum Gasteiger partial charge on any atom is 0.0282 e. The minimum absolute atomic E-state index is 0.965. The van der Waals surface area contributed by atoms with Gasteiger partial charge in [0.25, 0.3) is 0 Å². The number of nitrogens with zero attached hydrogens (tertiary/aromatic N) is 1. The molecule has 0 bridgehead atoms. The molecule has 0 aromatic carbocycles. The fraction of sp³-hybridized carbons (Fsp3) is 0.500. The second-order valence-electron chi connectivity index (χ2n) is 1.67. The molecule has 0 heterocycles. The quantitative estimate of drug-likeness (QED) is 0.481. The zero-order chi connectivity index (χ0) is 5.70. The van der Waals surface area contributed by atoms with E-state index in [2.05, 4.69) is 13.1 Å². The molecule has 0 rings (SSSR count). The summed E-state index contributed by atoms with van der Waals surface area (Å²) in [6, 6.07) is 0. The summed E-state index contributed by atoms with van der Waals surface area (Å²) >= 11 is 0. The first kappa shape index (κ1) is 6.70. The first-order valence-corrected chi connectivity index (χ1v) is 2.38. The molecule has 1 radical (unpaired) electrons. The predicted octanol–water partition coefficient (Wildman–Crippen LogP) is 1.29. The average Bonchev–Trinajstić information content (AvgIpc) is 1.61. The summed E-state index contributed by atoms with van der Waals surface area (Å²) in [6.07, 6.45) is 2.84. The molecule has 0 aromatic rings. The highest BCUT2D eigenvalue weighted by Gasteiger charge is 1.82. The smallest absolute Gasteiger partial charge is 0.0282 e. The zero-order valence-corrected chi connectivity index (χ0v) is 5.02. The molecule has 0 N–H and O–H groups in total. The van der Waals surface area contributed by atoms with Crippen molar-refractivity contribution in [3.05, 3.63) is 19.2 Å². The van der Waals surface area contributed by atoms with E-state index in [1.807, 2.05) is 25.1 Å². The highest BCUT2D eigenvalue weighted by atomic mass is 15.0. The second-order valence-corrected chi connectivity index (χ2v) is 1.67. The Morgan fingerprint density at radius 2 is 2.14 bits per heavy atom. The van der Waals surface area contributed by atoms with E-state index in [-0.39, 0.29) is 0 Å². The van der Waals surface area contributed by atoms with Crippen LogP contribution in [0.1, 0.15) is 6.42 Å². The van der Waals surface area contributed by atoms with Crippen LogP contribution in [0, 0.1) is 6.54 Å². The molecule has 0 amide bonds. The largest absolute Gasteiger partial charge is 0.305 e. The van der Waals surface area contributed by atoms with Crippen LogP contribution < -0.4 is 0 Å². The van der Waals surface area contributed by atoms with E-state index in [9.17, 15) is 0 Å². The molecular formula is C6H12N. The number of rotatable bonds is 3. The lowest BCUT2D eigenvalue weighted by Gasteiger charge is -2.03. The Hall–Kier alpha value is -0.300. The van der Waals surface area contributed by atoms with Gasteiger partial charge in [0.15, 0.2) is 0 Å². The van der Waals surface area contributed by atoms with Crippen molar-refractivity contribution in [2.24, 2.45) is 0 Å². The molecule has 0 aliphatic carbocycles. The van der Waals surface area contributed by atoms with Crippen molar-refractivity contribution < 1.29 is 0 Å². The topological polar surface area (TPSA) is 3.24 Å². The maximum absolute atomic E-state index is 3.57. The lowest BCUT2D eigenvalue weighted by atomic mass is 10.4. The van der Waals surface area contributed by atoms with Crippen LogP contribution in [0.25, 0.3) is 0 Å². The number of hydrogen-bond donors (Lipinski definition) is 0. The van der Waals surface area contributed by atoms with Crippen LogP contribution in [0.4, 0.5) is 0 Å². The third-order valence-electron chi connectivity index (χ3n) is 0.637. The van der Waals surface area contributed by atoms with Crippen molar-refractivity contribution >= 4 is 0 Å². The van der Waals surface area contributed by atoms with Crippen molar-refractivity contribution in [2.75, 3.05) is 14.1 Å². The van der Waals surface area contributed by atoms with Crippen LogP contribution >= 0.6 is 0 Å². The lowest BCUT2D eigenvalue weighted by Crippen LogP contribution is -2.05. The van der Waals surface area contributed by atoms with Crippen LogP contribution in [0.3, 0.4) is 0 Å². The first-order chi connectivity index (χ1) is 3.27. The SMILES string of the molecule is C=CC[CH]N(C)C. The molecule has 0 saturated carbocycles. The summed E-state index contributed by atoms with van der Waals surface area (Å²) in [5.41, 5.74) is 0. The fourth-order valence-corrected chi connectivity index (χ4v) is 0.285. The molecule has 0 fully saturated rings. The Morgan fingerprint density at radius 3 is 2.29 bits per heavy atom. The number of hydrogen-bond acceptors (Lipinski definition) is 1. The molecule has 41 valence electrons. The molecule has 0 aromatic heterocycles. The van der Waals surface area contributed by atoms with E-state index in [0.29, 0.717) is 0 Å². The molecule has 0 aliphatic rings. The van der Waals surface area contributed by atoms with E-state index in [1.165, 1.54) is 0 Å². The third kappa shape index (κ3) is 5.70. The Balaban J connectivity index is 2.81. The Labute approximate surface area is 45.6 Å². The van der Waals surface area contributed by atoms with E-state index in [1.54, 1.807) is 0 Å². The summed E-state index contributed by atoms with van der Waals surface area (Å²) < 4.78 is 0. The Morgan fingerprint density at radius 1 is 1.57 bits per heavy atom. The van der Waals surface area contributed by atoms with Crippen LogP contribution in [0.15, 0.2) is 12.7 Å². The van der Waals surface area contributed by atoms with Gasteiger partial charge in [-0.2, -0.15) is 0 Å². The van der Waals surface area contributed by atoms with Gasteiger partial charge in [0.05, 0.1) is 0 Å². The van der Waals surface area contributed by atoms with Crippen molar-refractivity contribution in [2.45, 2.75) is 6.42 Å². The van der Waals surface area contributed by atoms with Gasteiger partial charge in [-0.1, -0.05) is 6.08 Å². The molecule has 0 aliphatic heterocycles. The molecule has 0 atom stereocenters. The van der Waals surface area contributed by atoms with Gasteiger partial charge in [0.1, 0.15) is 0 Å². The van der Waals surface area contributed by atoms with Gasteiger partial charge in [0.2, 0.25) is 0 Å². The average molecular weight is 98.2 g/mol. The van der Waals surface area contributed by atoms with Crippen molar-refractivity contribution in [3.8, 4) is 0 Å². The highest BCUT2D eigenvalue weighted by molar-refractivity contribution is 4.75. The summed E-state index contributed by atoms with van der Waals surface area (Å²) in [7, 11) is 4.01. The van der Waals surface area contributed by atoms with E-state index in [4.69, 9.17) is 0 Å². The zero-order valence-electron chi connectivity index (χ0n) is 5.02. The van der Waals surface area contributed by atoms with Crippen LogP contribution in [-0.4, -0.2) is 19.0 Å². The third-order valence-corrected chi connectivity index (χ3v) is 0.637. The summed E-state index contributed by atoms with van der Waals surface area (Å²) in [5.74, 6) is 0. The standard InChI is InChI=1S/C6H12N/c1-4-5-6-7(2)3/h4,6H,1,5H2,2-3H3. The van der Waals surface area contributed by atoms with Crippen LogP contribution in [0.5, 0.6) is 0 Å². The Kier molecular flexibility index (Phi) is 3.71. The second kappa shape index (κ2) is 3.88.